The molecule has 0 aliphatic heterocycles. The van der Waals surface area contributed by atoms with Crippen molar-refractivity contribution in [2.75, 3.05) is 7.05 Å². The Kier molecular flexibility index (Phi) is 5.58. The Morgan fingerprint density at radius 2 is 1.90 bits per heavy atom. The molecule has 1 N–H and O–H groups in total. The molecule has 2 saturated carbocycles. The Bertz CT molecular complexity index is 425. The summed E-state index contributed by atoms with van der Waals surface area (Å²) in [5, 5.41) is 8.42. The largest absolute Gasteiger partial charge is 0.339 e. The smallest absolute Gasteiger partial charge is 0.228 e. The van der Waals surface area contributed by atoms with Gasteiger partial charge in [0.15, 0.2) is 5.82 Å². The molecule has 1 unspecified atom stereocenters. The number of hydrogen-bond acceptors (Lipinski definition) is 5. The normalized spacial score (nSPS) is 22.1. The van der Waals surface area contributed by atoms with Gasteiger partial charge in [0.2, 0.25) is 5.89 Å². The molecular formula is C16H27N3OS. The molecule has 2 aliphatic carbocycles. The van der Waals surface area contributed by atoms with Crippen molar-refractivity contribution >= 4 is 11.8 Å². The average molecular weight is 309 g/mol. The first-order chi connectivity index (χ1) is 10.3. The number of rotatable bonds is 7. The Balaban J connectivity index is 1.49. The van der Waals surface area contributed by atoms with Crippen LogP contribution in [0.25, 0.3) is 0 Å². The van der Waals surface area contributed by atoms with Crippen LogP contribution in [0.1, 0.15) is 63.1 Å². The summed E-state index contributed by atoms with van der Waals surface area (Å²) in [6.07, 6.45) is 11.8. The van der Waals surface area contributed by atoms with Crippen molar-refractivity contribution in [2.45, 2.75) is 74.8 Å². The fraction of sp³-hybridized carbons (Fsp3) is 0.875. The number of thioether (sulfide) groups is 1. The number of nitrogens with one attached hydrogen (secondary N) is 1. The summed E-state index contributed by atoms with van der Waals surface area (Å²) < 4.78 is 5.46. The zero-order valence-electron chi connectivity index (χ0n) is 13.0. The minimum absolute atomic E-state index is 0.489. The number of likely N-dealkylation sites (N-methyl/N-ethyl adjacent to an activating group) is 1. The summed E-state index contributed by atoms with van der Waals surface area (Å²) in [5.41, 5.74) is 0. The van der Waals surface area contributed by atoms with Gasteiger partial charge in [0, 0.05) is 17.7 Å². The molecule has 4 nitrogen and oxygen atoms in total. The lowest BCUT2D eigenvalue weighted by Gasteiger charge is -2.20. The minimum atomic E-state index is 0.489. The van der Waals surface area contributed by atoms with Crippen molar-refractivity contribution in [2.24, 2.45) is 5.92 Å². The summed E-state index contributed by atoms with van der Waals surface area (Å²) >= 11 is 2.00. The average Bonchev–Trinajstić information content (AvgIpc) is 3.23. The van der Waals surface area contributed by atoms with E-state index < -0.39 is 0 Å². The topological polar surface area (TPSA) is 51.0 Å². The first-order valence-electron chi connectivity index (χ1n) is 8.45. The Morgan fingerprint density at radius 3 is 2.62 bits per heavy atom. The molecule has 1 atom stereocenters. The summed E-state index contributed by atoms with van der Waals surface area (Å²) in [6, 6.07) is 0.489. The van der Waals surface area contributed by atoms with E-state index in [2.05, 4.69) is 22.5 Å². The molecule has 1 aromatic rings. The summed E-state index contributed by atoms with van der Waals surface area (Å²) in [5.74, 6) is 3.37. The van der Waals surface area contributed by atoms with E-state index in [9.17, 15) is 0 Å². The first kappa shape index (κ1) is 15.3. The third-order valence-electron chi connectivity index (χ3n) is 4.99. The van der Waals surface area contributed by atoms with E-state index in [4.69, 9.17) is 4.52 Å². The van der Waals surface area contributed by atoms with Crippen LogP contribution in [0.15, 0.2) is 4.52 Å². The van der Waals surface area contributed by atoms with E-state index >= 15 is 0 Å². The fourth-order valence-electron chi connectivity index (χ4n) is 3.73. The van der Waals surface area contributed by atoms with Crippen LogP contribution in [0.5, 0.6) is 0 Å². The highest BCUT2D eigenvalue weighted by Gasteiger charge is 2.26. The molecule has 0 amide bonds. The SMILES string of the molecule is CNC(Cc1nc(CSC2CCCC2)no1)C1CCCC1. The van der Waals surface area contributed by atoms with Gasteiger partial charge in [-0.15, -0.1) is 0 Å². The lowest BCUT2D eigenvalue weighted by molar-refractivity contribution is 0.317. The van der Waals surface area contributed by atoms with Gasteiger partial charge in [-0.05, 0) is 38.6 Å². The van der Waals surface area contributed by atoms with Crippen molar-refractivity contribution in [3.63, 3.8) is 0 Å². The molecule has 0 bridgehead atoms. The van der Waals surface area contributed by atoms with Gasteiger partial charge in [0.1, 0.15) is 0 Å². The summed E-state index contributed by atoms with van der Waals surface area (Å²) in [4.78, 5) is 4.59. The predicted octanol–water partition coefficient (Wildman–Crippen LogP) is 3.57. The van der Waals surface area contributed by atoms with E-state index in [1.54, 1.807) is 0 Å². The number of aromatic nitrogens is 2. The fourth-order valence-corrected chi connectivity index (χ4v) is 4.90. The molecule has 3 rings (SSSR count). The second-order valence-corrected chi connectivity index (χ2v) is 7.75. The zero-order chi connectivity index (χ0) is 14.5. The maximum Gasteiger partial charge on any atom is 0.228 e. The monoisotopic (exact) mass is 309 g/mol. The Hall–Kier alpha value is -0.550. The van der Waals surface area contributed by atoms with Crippen LogP contribution in [-0.2, 0) is 12.2 Å². The van der Waals surface area contributed by atoms with Crippen LogP contribution in [0, 0.1) is 5.92 Å². The van der Waals surface area contributed by atoms with Crippen LogP contribution in [0.4, 0.5) is 0 Å². The highest BCUT2D eigenvalue weighted by atomic mass is 32.2. The summed E-state index contributed by atoms with van der Waals surface area (Å²) in [6.45, 7) is 0. The van der Waals surface area contributed by atoms with Crippen LogP contribution in [-0.4, -0.2) is 28.5 Å². The van der Waals surface area contributed by atoms with E-state index in [1.165, 1.54) is 51.4 Å². The molecule has 0 radical (unpaired) electrons. The van der Waals surface area contributed by atoms with Crippen molar-refractivity contribution in [1.82, 2.24) is 15.5 Å². The lowest BCUT2D eigenvalue weighted by atomic mass is 9.95. The van der Waals surface area contributed by atoms with Gasteiger partial charge in [-0.25, -0.2) is 0 Å². The molecule has 0 aromatic carbocycles. The molecule has 2 fully saturated rings. The molecule has 118 valence electrons. The van der Waals surface area contributed by atoms with Crippen molar-refractivity contribution < 1.29 is 4.52 Å². The van der Waals surface area contributed by atoms with Crippen LogP contribution >= 0.6 is 11.8 Å². The second-order valence-electron chi connectivity index (χ2n) is 6.47. The lowest BCUT2D eigenvalue weighted by Crippen LogP contribution is -2.34. The zero-order valence-corrected chi connectivity index (χ0v) is 13.8. The van der Waals surface area contributed by atoms with Gasteiger partial charge in [-0.3, -0.25) is 0 Å². The van der Waals surface area contributed by atoms with Gasteiger partial charge >= 0.3 is 0 Å². The van der Waals surface area contributed by atoms with Crippen LogP contribution < -0.4 is 5.32 Å². The summed E-state index contributed by atoms with van der Waals surface area (Å²) in [7, 11) is 2.05. The van der Waals surface area contributed by atoms with E-state index in [1.807, 2.05) is 11.8 Å². The van der Waals surface area contributed by atoms with Crippen molar-refractivity contribution in [1.29, 1.82) is 0 Å². The van der Waals surface area contributed by atoms with Gasteiger partial charge in [0.05, 0.1) is 5.75 Å². The molecule has 1 aromatic heterocycles. The third-order valence-corrected chi connectivity index (χ3v) is 6.36. The highest BCUT2D eigenvalue weighted by molar-refractivity contribution is 7.99. The predicted molar refractivity (Wildman–Crippen MR) is 86.4 cm³/mol. The van der Waals surface area contributed by atoms with Crippen molar-refractivity contribution in [3.8, 4) is 0 Å². The highest BCUT2D eigenvalue weighted by Crippen LogP contribution is 2.31. The van der Waals surface area contributed by atoms with E-state index in [-0.39, 0.29) is 0 Å². The van der Waals surface area contributed by atoms with E-state index in [0.29, 0.717) is 6.04 Å². The van der Waals surface area contributed by atoms with Crippen LogP contribution in [0.3, 0.4) is 0 Å². The van der Waals surface area contributed by atoms with Gasteiger partial charge in [0.25, 0.3) is 0 Å². The van der Waals surface area contributed by atoms with Gasteiger partial charge < -0.3 is 9.84 Å². The standard InChI is InChI=1S/C16H27N3OS/c1-17-14(12-6-2-3-7-12)10-16-18-15(19-20-16)11-21-13-8-4-5-9-13/h12-14,17H,2-11H2,1H3. The maximum absolute atomic E-state index is 5.46. The van der Waals surface area contributed by atoms with Gasteiger partial charge in [-0.2, -0.15) is 16.7 Å². The maximum atomic E-state index is 5.46. The molecule has 5 heteroatoms. The minimum Gasteiger partial charge on any atom is -0.339 e. The van der Waals surface area contributed by atoms with Crippen molar-refractivity contribution in [3.05, 3.63) is 11.7 Å². The molecule has 0 spiro atoms. The quantitative estimate of drug-likeness (QED) is 0.834. The first-order valence-corrected chi connectivity index (χ1v) is 9.50. The Labute approximate surface area is 131 Å². The Morgan fingerprint density at radius 1 is 1.19 bits per heavy atom. The number of nitrogens with zero attached hydrogens (tertiary/aromatic N) is 2. The third kappa shape index (κ3) is 4.22. The molecule has 2 aliphatic rings. The molecular weight excluding hydrogens is 282 g/mol. The van der Waals surface area contributed by atoms with E-state index in [0.717, 1.165) is 35.1 Å². The van der Waals surface area contributed by atoms with Gasteiger partial charge in [-0.1, -0.05) is 30.8 Å². The second kappa shape index (κ2) is 7.63. The van der Waals surface area contributed by atoms with Crippen LogP contribution in [0.2, 0.25) is 0 Å². The molecule has 1 heterocycles. The number of hydrogen-bond donors (Lipinski definition) is 1. The molecule has 0 saturated heterocycles. The molecule has 21 heavy (non-hydrogen) atoms.